The molecule has 0 aliphatic carbocycles. The Labute approximate surface area is 151 Å². The van der Waals surface area contributed by atoms with Crippen molar-refractivity contribution in [2.45, 2.75) is 4.90 Å². The molecule has 1 saturated heterocycles. The fourth-order valence-corrected chi connectivity index (χ4v) is 4.68. The van der Waals surface area contributed by atoms with Gasteiger partial charge in [-0.15, -0.1) is 0 Å². The van der Waals surface area contributed by atoms with Crippen LogP contribution in [0.1, 0.15) is 0 Å². The highest BCUT2D eigenvalue weighted by Gasteiger charge is 2.31. The molecule has 0 amide bonds. The van der Waals surface area contributed by atoms with Crippen LogP contribution in [0.25, 0.3) is 11.0 Å². The topological polar surface area (TPSA) is 88.8 Å². The molecule has 0 N–H and O–H groups in total. The average molecular weight is 374 g/mol. The summed E-state index contributed by atoms with van der Waals surface area (Å²) in [6.45, 7) is 1.97. The van der Waals surface area contributed by atoms with Gasteiger partial charge < -0.3 is 9.64 Å². The summed E-state index contributed by atoms with van der Waals surface area (Å²) in [5.41, 5.74) is 1.72. The summed E-state index contributed by atoms with van der Waals surface area (Å²) in [5.74, 6) is 0.780. The third kappa shape index (κ3) is 2.89. The monoisotopic (exact) mass is 374 g/mol. The maximum Gasteiger partial charge on any atom is 0.245 e. The van der Waals surface area contributed by atoms with E-state index in [4.69, 9.17) is 4.74 Å². The minimum atomic E-state index is -3.66. The minimum absolute atomic E-state index is 0.131. The van der Waals surface area contributed by atoms with Gasteiger partial charge in [-0.3, -0.25) is 0 Å². The van der Waals surface area contributed by atoms with Crippen molar-refractivity contribution in [2.24, 2.45) is 0 Å². The fraction of sp³-hybridized carbons (Fsp3) is 0.294. The van der Waals surface area contributed by atoms with Gasteiger partial charge in [0.1, 0.15) is 16.2 Å². The van der Waals surface area contributed by atoms with Crippen molar-refractivity contribution in [2.75, 3.05) is 38.2 Å². The van der Waals surface area contributed by atoms with E-state index >= 15 is 0 Å². The van der Waals surface area contributed by atoms with Gasteiger partial charge in [-0.2, -0.15) is 4.31 Å². The highest BCUT2D eigenvalue weighted by Crippen LogP contribution is 2.26. The van der Waals surface area contributed by atoms with Crippen LogP contribution in [0.4, 0.5) is 5.69 Å². The Kier molecular flexibility index (Phi) is 4.25. The molecular weight excluding hydrogens is 356 g/mol. The number of sulfonamides is 1. The lowest BCUT2D eigenvalue weighted by Crippen LogP contribution is -2.48. The number of benzene rings is 2. The molecule has 0 spiro atoms. The van der Waals surface area contributed by atoms with Gasteiger partial charge in [0.2, 0.25) is 10.0 Å². The third-order valence-corrected chi connectivity index (χ3v) is 6.45. The summed E-state index contributed by atoms with van der Waals surface area (Å²) in [6.07, 6.45) is 0. The Morgan fingerprint density at radius 3 is 2.58 bits per heavy atom. The quantitative estimate of drug-likeness (QED) is 0.687. The van der Waals surface area contributed by atoms with Gasteiger partial charge in [0.05, 0.1) is 7.11 Å². The van der Waals surface area contributed by atoms with Crippen LogP contribution in [0.3, 0.4) is 0 Å². The van der Waals surface area contributed by atoms with E-state index in [1.54, 1.807) is 19.2 Å². The van der Waals surface area contributed by atoms with Gasteiger partial charge in [-0.25, -0.2) is 13.0 Å². The lowest BCUT2D eigenvalue weighted by molar-refractivity contribution is 0.315. The molecule has 1 fully saturated rings. The average Bonchev–Trinajstić information content (AvgIpc) is 3.17. The van der Waals surface area contributed by atoms with Crippen LogP contribution in [-0.2, 0) is 10.0 Å². The zero-order chi connectivity index (χ0) is 18.1. The Hall–Kier alpha value is -2.65. The maximum absolute atomic E-state index is 13.0. The molecule has 1 aromatic heterocycles. The van der Waals surface area contributed by atoms with Crippen molar-refractivity contribution in [3.8, 4) is 5.75 Å². The standard InChI is InChI=1S/C17H18N4O4S/c1-24-14-5-2-4-13(12-14)20-8-10-21(11-9-20)26(22,23)16-7-3-6-15-17(16)19-25-18-15/h2-7,12H,8-11H2,1H3. The number of rotatable bonds is 4. The Morgan fingerprint density at radius 2 is 1.81 bits per heavy atom. The van der Waals surface area contributed by atoms with Gasteiger partial charge >= 0.3 is 0 Å². The van der Waals surface area contributed by atoms with Crippen LogP contribution >= 0.6 is 0 Å². The zero-order valence-corrected chi connectivity index (χ0v) is 15.0. The lowest BCUT2D eigenvalue weighted by Gasteiger charge is -2.35. The van der Waals surface area contributed by atoms with Gasteiger partial charge in [-0.05, 0) is 34.6 Å². The highest BCUT2D eigenvalue weighted by atomic mass is 32.2. The predicted molar refractivity (Wildman–Crippen MR) is 95.8 cm³/mol. The van der Waals surface area contributed by atoms with E-state index < -0.39 is 10.0 Å². The molecule has 2 aromatic carbocycles. The number of fused-ring (bicyclic) bond motifs is 1. The number of ether oxygens (including phenoxy) is 1. The fourth-order valence-electron chi connectivity index (χ4n) is 3.12. The first-order chi connectivity index (χ1) is 12.6. The van der Waals surface area contributed by atoms with Crippen molar-refractivity contribution < 1.29 is 17.8 Å². The molecule has 0 bridgehead atoms. The molecule has 1 aliphatic heterocycles. The number of piperazine rings is 1. The number of hydrogen-bond donors (Lipinski definition) is 0. The second-order valence-electron chi connectivity index (χ2n) is 5.98. The summed E-state index contributed by atoms with van der Waals surface area (Å²) in [4.78, 5) is 2.28. The van der Waals surface area contributed by atoms with E-state index in [-0.39, 0.29) is 10.4 Å². The Bertz CT molecular complexity index is 1030. The largest absolute Gasteiger partial charge is 0.497 e. The van der Waals surface area contributed by atoms with E-state index in [2.05, 4.69) is 19.8 Å². The second kappa shape index (κ2) is 6.58. The molecule has 1 aliphatic rings. The van der Waals surface area contributed by atoms with E-state index in [1.165, 1.54) is 10.4 Å². The molecule has 136 valence electrons. The van der Waals surface area contributed by atoms with E-state index in [9.17, 15) is 8.42 Å². The molecule has 0 saturated carbocycles. The predicted octanol–water partition coefficient (Wildman–Crippen LogP) is 1.74. The number of aromatic nitrogens is 2. The van der Waals surface area contributed by atoms with Gasteiger partial charge in [0.15, 0.2) is 5.52 Å². The molecule has 9 heteroatoms. The van der Waals surface area contributed by atoms with Crippen LogP contribution < -0.4 is 9.64 Å². The molecular formula is C17H18N4O4S. The molecule has 0 radical (unpaired) electrons. The van der Waals surface area contributed by atoms with E-state index in [0.29, 0.717) is 31.7 Å². The Morgan fingerprint density at radius 1 is 1.04 bits per heavy atom. The van der Waals surface area contributed by atoms with Crippen LogP contribution in [0.5, 0.6) is 5.75 Å². The van der Waals surface area contributed by atoms with Gasteiger partial charge in [0.25, 0.3) is 0 Å². The molecule has 8 nitrogen and oxygen atoms in total. The molecule has 26 heavy (non-hydrogen) atoms. The first-order valence-electron chi connectivity index (χ1n) is 8.20. The highest BCUT2D eigenvalue weighted by molar-refractivity contribution is 7.89. The van der Waals surface area contributed by atoms with Crippen molar-refractivity contribution in [1.29, 1.82) is 0 Å². The molecule has 3 aromatic rings. The van der Waals surface area contributed by atoms with E-state index in [0.717, 1.165) is 11.4 Å². The summed E-state index contributed by atoms with van der Waals surface area (Å²) >= 11 is 0. The third-order valence-electron chi connectivity index (χ3n) is 4.52. The number of anilines is 1. The normalized spacial score (nSPS) is 16.1. The number of hydrogen-bond acceptors (Lipinski definition) is 7. The number of nitrogens with zero attached hydrogens (tertiary/aromatic N) is 4. The zero-order valence-electron chi connectivity index (χ0n) is 14.2. The minimum Gasteiger partial charge on any atom is -0.497 e. The van der Waals surface area contributed by atoms with Crippen LogP contribution in [0.15, 0.2) is 52.0 Å². The summed E-state index contributed by atoms with van der Waals surface area (Å²) in [6, 6.07) is 12.6. The van der Waals surface area contributed by atoms with Crippen molar-refractivity contribution in [1.82, 2.24) is 14.6 Å². The Balaban J connectivity index is 1.54. The van der Waals surface area contributed by atoms with Crippen molar-refractivity contribution in [3.63, 3.8) is 0 Å². The summed E-state index contributed by atoms with van der Waals surface area (Å²) < 4.78 is 37.5. The van der Waals surface area contributed by atoms with E-state index in [1.807, 2.05) is 24.3 Å². The SMILES string of the molecule is COc1cccc(N2CCN(S(=O)(=O)c3cccc4nonc34)CC2)c1. The molecule has 4 rings (SSSR count). The molecule has 0 unspecified atom stereocenters. The van der Waals surface area contributed by atoms with Crippen LogP contribution in [0.2, 0.25) is 0 Å². The van der Waals surface area contributed by atoms with Crippen molar-refractivity contribution in [3.05, 3.63) is 42.5 Å². The first kappa shape index (κ1) is 16.8. The molecule has 2 heterocycles. The van der Waals surface area contributed by atoms with Gasteiger partial charge in [0, 0.05) is 37.9 Å². The van der Waals surface area contributed by atoms with Crippen molar-refractivity contribution >= 4 is 26.7 Å². The van der Waals surface area contributed by atoms with Crippen LogP contribution in [-0.4, -0.2) is 56.3 Å². The molecule has 0 atom stereocenters. The van der Waals surface area contributed by atoms with Gasteiger partial charge in [-0.1, -0.05) is 12.1 Å². The smallest absolute Gasteiger partial charge is 0.245 e. The lowest BCUT2D eigenvalue weighted by atomic mass is 10.2. The summed E-state index contributed by atoms with van der Waals surface area (Å²) in [5, 5.41) is 7.46. The number of methoxy groups -OCH3 is 1. The second-order valence-corrected chi connectivity index (χ2v) is 7.89. The maximum atomic E-state index is 13.0. The first-order valence-corrected chi connectivity index (χ1v) is 9.64. The van der Waals surface area contributed by atoms with Crippen LogP contribution in [0, 0.1) is 0 Å². The summed E-state index contributed by atoms with van der Waals surface area (Å²) in [7, 11) is -2.03.